The van der Waals surface area contributed by atoms with Gasteiger partial charge in [0.2, 0.25) is 5.95 Å². The van der Waals surface area contributed by atoms with Crippen LogP contribution in [0.4, 0.5) is 5.95 Å². The van der Waals surface area contributed by atoms with Gasteiger partial charge in [-0.15, -0.1) is 0 Å². The van der Waals surface area contributed by atoms with E-state index in [1.54, 1.807) is 4.68 Å². The van der Waals surface area contributed by atoms with Crippen molar-refractivity contribution < 1.29 is 9.53 Å². The summed E-state index contributed by atoms with van der Waals surface area (Å²) in [5.41, 5.74) is 4.08. The van der Waals surface area contributed by atoms with Crippen molar-refractivity contribution in [3.8, 4) is 5.75 Å². The molecule has 0 saturated carbocycles. The molecule has 0 bridgehead atoms. The van der Waals surface area contributed by atoms with Crippen molar-refractivity contribution >= 4 is 23.5 Å². The Labute approximate surface area is 208 Å². The van der Waals surface area contributed by atoms with Crippen molar-refractivity contribution in [2.75, 3.05) is 5.32 Å². The van der Waals surface area contributed by atoms with Gasteiger partial charge >= 0.3 is 0 Å². The molecule has 4 aromatic rings. The highest BCUT2D eigenvalue weighted by atomic mass is 35.5. The van der Waals surface area contributed by atoms with Crippen LogP contribution in [-0.4, -0.2) is 20.7 Å². The largest absolute Gasteiger partial charge is 0.489 e. The zero-order valence-electron chi connectivity index (χ0n) is 19.1. The molecule has 1 atom stereocenters. The van der Waals surface area contributed by atoms with Crippen molar-refractivity contribution in [2.45, 2.75) is 26.1 Å². The first kappa shape index (κ1) is 22.7. The molecule has 7 nitrogen and oxygen atoms in total. The highest BCUT2D eigenvalue weighted by Crippen LogP contribution is 2.36. The maximum Gasteiger partial charge on any atom is 0.251 e. The SMILES string of the molecule is CC1=C(C(=O)NCc2ccccc2)C(c2cccc(OCc3ccccc3Cl)c2)n2ncnc2N1. The van der Waals surface area contributed by atoms with Crippen molar-refractivity contribution in [1.82, 2.24) is 20.1 Å². The van der Waals surface area contributed by atoms with Crippen molar-refractivity contribution in [3.05, 3.63) is 118 Å². The van der Waals surface area contributed by atoms with Crippen LogP contribution in [0, 0.1) is 0 Å². The van der Waals surface area contributed by atoms with Gasteiger partial charge in [0.15, 0.2) is 0 Å². The molecule has 0 spiro atoms. The number of fused-ring (bicyclic) bond motifs is 1. The molecule has 5 rings (SSSR count). The molecule has 1 unspecified atom stereocenters. The monoisotopic (exact) mass is 485 g/mol. The lowest BCUT2D eigenvalue weighted by atomic mass is 9.95. The predicted octanol–water partition coefficient (Wildman–Crippen LogP) is 5.12. The quantitative estimate of drug-likeness (QED) is 0.380. The molecule has 2 heterocycles. The van der Waals surface area contributed by atoms with Gasteiger partial charge in [0.05, 0.1) is 5.57 Å². The van der Waals surface area contributed by atoms with Gasteiger partial charge in [-0.1, -0.05) is 72.3 Å². The Balaban J connectivity index is 1.42. The number of nitrogens with one attached hydrogen (secondary N) is 2. The Morgan fingerprint density at radius 1 is 1.09 bits per heavy atom. The predicted molar refractivity (Wildman–Crippen MR) is 135 cm³/mol. The van der Waals surface area contributed by atoms with Gasteiger partial charge in [-0.3, -0.25) is 4.79 Å². The number of hydrogen-bond donors (Lipinski definition) is 2. The third kappa shape index (κ3) is 4.90. The van der Waals surface area contributed by atoms with E-state index in [1.807, 2.05) is 85.8 Å². The molecule has 0 aliphatic carbocycles. The lowest BCUT2D eigenvalue weighted by molar-refractivity contribution is -0.118. The average molecular weight is 486 g/mol. The molecule has 1 amide bonds. The molecule has 2 N–H and O–H groups in total. The molecule has 0 saturated heterocycles. The summed E-state index contributed by atoms with van der Waals surface area (Å²) in [5, 5.41) is 11.3. The molecule has 1 aromatic heterocycles. The number of carbonyl (C=O) groups excluding carboxylic acids is 1. The van der Waals surface area contributed by atoms with Crippen LogP contribution in [0.5, 0.6) is 5.75 Å². The van der Waals surface area contributed by atoms with Crippen molar-refractivity contribution in [1.29, 1.82) is 0 Å². The highest BCUT2D eigenvalue weighted by Gasteiger charge is 2.33. The van der Waals surface area contributed by atoms with Crippen molar-refractivity contribution in [3.63, 3.8) is 0 Å². The zero-order valence-corrected chi connectivity index (χ0v) is 19.9. The summed E-state index contributed by atoms with van der Waals surface area (Å²) in [6.07, 6.45) is 1.48. The van der Waals surface area contributed by atoms with Crippen LogP contribution in [0.15, 0.2) is 96.5 Å². The lowest BCUT2D eigenvalue weighted by Crippen LogP contribution is -2.34. The second-order valence-electron chi connectivity index (χ2n) is 8.22. The number of amides is 1. The lowest BCUT2D eigenvalue weighted by Gasteiger charge is -2.29. The molecule has 3 aromatic carbocycles. The fraction of sp³-hybridized carbons (Fsp3) is 0.148. The third-order valence-corrected chi connectivity index (χ3v) is 6.23. The summed E-state index contributed by atoms with van der Waals surface area (Å²) in [6.45, 7) is 2.64. The van der Waals surface area contributed by atoms with E-state index in [1.165, 1.54) is 6.33 Å². The molecule has 35 heavy (non-hydrogen) atoms. The first-order chi connectivity index (χ1) is 17.1. The van der Waals surface area contributed by atoms with Gasteiger partial charge in [-0.2, -0.15) is 10.1 Å². The molecule has 8 heteroatoms. The molecular formula is C27H24ClN5O2. The number of aromatic nitrogens is 3. The minimum absolute atomic E-state index is 0.174. The number of benzene rings is 3. The number of allylic oxidation sites excluding steroid dienone is 1. The van der Waals surface area contributed by atoms with E-state index >= 15 is 0 Å². The summed E-state index contributed by atoms with van der Waals surface area (Å²) in [7, 11) is 0. The topological polar surface area (TPSA) is 81.1 Å². The van der Waals surface area contributed by atoms with Gasteiger partial charge in [-0.05, 0) is 36.2 Å². The van der Waals surface area contributed by atoms with E-state index in [4.69, 9.17) is 16.3 Å². The Morgan fingerprint density at radius 3 is 2.71 bits per heavy atom. The number of halogens is 1. The van der Waals surface area contributed by atoms with Gasteiger partial charge < -0.3 is 15.4 Å². The summed E-state index contributed by atoms with van der Waals surface area (Å²) in [5.74, 6) is 1.08. The van der Waals surface area contributed by atoms with E-state index in [0.29, 0.717) is 35.4 Å². The van der Waals surface area contributed by atoms with E-state index in [-0.39, 0.29) is 5.91 Å². The van der Waals surface area contributed by atoms with Crippen LogP contribution in [0.1, 0.15) is 29.7 Å². The standard InChI is InChI=1S/C27H24ClN5O2/c1-18-24(26(34)29-15-19-8-3-2-4-9-19)25(33-27(32-18)30-17-31-33)20-11-7-12-22(14-20)35-16-21-10-5-6-13-23(21)28/h2-14,17,25H,15-16H2,1H3,(H,29,34)(H,30,31,32). The van der Waals surface area contributed by atoms with E-state index in [0.717, 1.165) is 22.4 Å². The van der Waals surface area contributed by atoms with E-state index in [2.05, 4.69) is 20.7 Å². The first-order valence-corrected chi connectivity index (χ1v) is 11.6. The molecule has 176 valence electrons. The summed E-state index contributed by atoms with van der Waals surface area (Å²) < 4.78 is 7.76. The second kappa shape index (κ2) is 10.0. The minimum Gasteiger partial charge on any atom is -0.489 e. The number of hydrogen-bond acceptors (Lipinski definition) is 5. The molecular weight excluding hydrogens is 462 g/mol. The fourth-order valence-electron chi connectivity index (χ4n) is 4.12. The highest BCUT2D eigenvalue weighted by molar-refractivity contribution is 6.31. The van der Waals surface area contributed by atoms with Crippen LogP contribution >= 0.6 is 11.6 Å². The maximum absolute atomic E-state index is 13.4. The summed E-state index contributed by atoms with van der Waals surface area (Å²) >= 11 is 6.28. The van der Waals surface area contributed by atoms with Gasteiger partial charge in [0, 0.05) is 22.8 Å². The summed E-state index contributed by atoms with van der Waals surface area (Å²) in [4.78, 5) is 17.7. The number of anilines is 1. The van der Waals surface area contributed by atoms with Crippen LogP contribution in [-0.2, 0) is 17.9 Å². The normalized spacial score (nSPS) is 14.7. The van der Waals surface area contributed by atoms with Crippen LogP contribution in [0.25, 0.3) is 0 Å². The average Bonchev–Trinajstić information content (AvgIpc) is 3.35. The Kier molecular flexibility index (Phi) is 6.50. The molecule has 1 aliphatic rings. The molecule has 1 aliphatic heterocycles. The number of rotatable bonds is 7. The van der Waals surface area contributed by atoms with E-state index < -0.39 is 6.04 Å². The number of ether oxygens (including phenoxy) is 1. The zero-order chi connectivity index (χ0) is 24.2. The second-order valence-corrected chi connectivity index (χ2v) is 8.62. The van der Waals surface area contributed by atoms with Crippen LogP contribution < -0.4 is 15.4 Å². The third-order valence-electron chi connectivity index (χ3n) is 5.86. The number of carbonyl (C=O) groups is 1. The smallest absolute Gasteiger partial charge is 0.251 e. The Morgan fingerprint density at radius 2 is 1.89 bits per heavy atom. The van der Waals surface area contributed by atoms with E-state index in [9.17, 15) is 4.79 Å². The number of nitrogens with zero attached hydrogens (tertiary/aromatic N) is 3. The fourth-order valence-corrected chi connectivity index (χ4v) is 4.31. The Hall–Kier alpha value is -4.10. The minimum atomic E-state index is -0.464. The maximum atomic E-state index is 13.4. The van der Waals surface area contributed by atoms with Crippen LogP contribution in [0.3, 0.4) is 0 Å². The van der Waals surface area contributed by atoms with Gasteiger partial charge in [0.25, 0.3) is 5.91 Å². The first-order valence-electron chi connectivity index (χ1n) is 11.3. The molecule has 0 radical (unpaired) electrons. The van der Waals surface area contributed by atoms with Crippen LogP contribution in [0.2, 0.25) is 5.02 Å². The summed E-state index contributed by atoms with van der Waals surface area (Å²) in [6, 6.07) is 24.6. The Bertz CT molecular complexity index is 1380. The van der Waals surface area contributed by atoms with Crippen molar-refractivity contribution in [2.24, 2.45) is 0 Å². The molecule has 0 fully saturated rings. The van der Waals surface area contributed by atoms with Gasteiger partial charge in [0.1, 0.15) is 24.7 Å². The van der Waals surface area contributed by atoms with Gasteiger partial charge in [-0.25, -0.2) is 4.68 Å².